The van der Waals surface area contributed by atoms with Gasteiger partial charge in [-0.25, -0.2) is 0 Å². The van der Waals surface area contributed by atoms with E-state index in [2.05, 4.69) is 0 Å². The van der Waals surface area contributed by atoms with E-state index in [0.717, 1.165) is 11.1 Å². The number of aryl methyl sites for hydroxylation is 1. The first-order chi connectivity index (χ1) is 13.4. The van der Waals surface area contributed by atoms with Crippen LogP contribution in [0, 0.1) is 6.92 Å². The molecule has 1 aliphatic rings. The van der Waals surface area contributed by atoms with Gasteiger partial charge in [-0.3, -0.25) is 9.59 Å². The van der Waals surface area contributed by atoms with Crippen molar-refractivity contribution < 1.29 is 19.4 Å². The number of hydrogen-bond donors (Lipinski definition) is 1. The summed E-state index contributed by atoms with van der Waals surface area (Å²) in [4.78, 5) is 27.0. The standard InChI is InChI=1S/C22H22ClNO4/c1-14-4-6-16(7-5-14)20(25)18-19(15-8-10-17(23)11-9-15)24(12-3-13-28-2)22(27)21(18)26/h4-11,19,25H,3,12-13H2,1-2H3/b20-18+. The number of carbonyl (C=O) groups excluding carboxylic acids is 2. The quantitative estimate of drug-likeness (QED) is 0.343. The number of nitrogens with zero attached hydrogens (tertiary/aromatic N) is 1. The van der Waals surface area contributed by atoms with Crippen LogP contribution in [0.3, 0.4) is 0 Å². The van der Waals surface area contributed by atoms with E-state index in [4.69, 9.17) is 16.3 Å². The number of rotatable bonds is 6. The summed E-state index contributed by atoms with van der Waals surface area (Å²) in [5.41, 5.74) is 2.34. The number of aliphatic hydroxyl groups excluding tert-OH is 1. The van der Waals surface area contributed by atoms with Crippen LogP contribution < -0.4 is 0 Å². The van der Waals surface area contributed by atoms with Crippen LogP contribution in [0.4, 0.5) is 0 Å². The molecule has 0 radical (unpaired) electrons. The van der Waals surface area contributed by atoms with Crippen molar-refractivity contribution in [2.75, 3.05) is 20.3 Å². The molecule has 146 valence electrons. The fraction of sp³-hybridized carbons (Fsp3) is 0.273. The SMILES string of the molecule is COCCCN1C(=O)C(=O)/C(=C(/O)c2ccc(C)cc2)C1c1ccc(Cl)cc1. The first kappa shape index (κ1) is 20.1. The minimum Gasteiger partial charge on any atom is -0.507 e. The Kier molecular flexibility index (Phi) is 6.17. The number of ketones is 1. The highest BCUT2D eigenvalue weighted by Gasteiger charge is 2.45. The molecule has 1 unspecified atom stereocenters. The summed E-state index contributed by atoms with van der Waals surface area (Å²) in [7, 11) is 1.59. The second kappa shape index (κ2) is 8.59. The van der Waals surface area contributed by atoms with Crippen LogP contribution in [-0.2, 0) is 14.3 Å². The zero-order chi connectivity index (χ0) is 20.3. The lowest BCUT2D eigenvalue weighted by molar-refractivity contribution is -0.140. The number of halogens is 1. The van der Waals surface area contributed by atoms with Gasteiger partial charge in [-0.2, -0.15) is 0 Å². The molecule has 0 saturated carbocycles. The van der Waals surface area contributed by atoms with Crippen molar-refractivity contribution in [3.63, 3.8) is 0 Å². The molecular weight excluding hydrogens is 378 g/mol. The van der Waals surface area contributed by atoms with E-state index in [1.54, 1.807) is 43.5 Å². The third-order valence-electron chi connectivity index (χ3n) is 4.80. The fourth-order valence-corrected chi connectivity index (χ4v) is 3.47. The highest BCUT2D eigenvalue weighted by molar-refractivity contribution is 6.46. The summed E-state index contributed by atoms with van der Waals surface area (Å²) in [6.45, 7) is 2.75. The van der Waals surface area contributed by atoms with Crippen LogP contribution in [0.15, 0.2) is 54.1 Å². The molecule has 0 aromatic heterocycles. The van der Waals surface area contributed by atoms with Gasteiger partial charge in [0.1, 0.15) is 5.76 Å². The highest BCUT2D eigenvalue weighted by atomic mass is 35.5. The first-order valence-corrected chi connectivity index (χ1v) is 9.41. The van der Waals surface area contributed by atoms with Gasteiger partial charge in [0.25, 0.3) is 11.7 Å². The Morgan fingerprint density at radius 2 is 1.75 bits per heavy atom. The summed E-state index contributed by atoms with van der Waals surface area (Å²) >= 11 is 6.00. The minimum absolute atomic E-state index is 0.0913. The number of hydrogen-bond acceptors (Lipinski definition) is 4. The molecule has 1 atom stereocenters. The molecule has 2 aromatic rings. The lowest BCUT2D eigenvalue weighted by atomic mass is 9.95. The van der Waals surface area contributed by atoms with Gasteiger partial charge in [0, 0.05) is 30.8 Å². The van der Waals surface area contributed by atoms with Crippen LogP contribution in [-0.4, -0.2) is 42.0 Å². The lowest BCUT2D eigenvalue weighted by Gasteiger charge is -2.25. The Labute approximate surface area is 169 Å². The normalized spacial score (nSPS) is 18.7. The maximum absolute atomic E-state index is 12.8. The predicted molar refractivity (Wildman–Crippen MR) is 108 cm³/mol. The minimum atomic E-state index is -0.685. The summed E-state index contributed by atoms with van der Waals surface area (Å²) in [5.74, 6) is -1.48. The second-order valence-electron chi connectivity index (χ2n) is 6.76. The Bertz CT molecular complexity index is 903. The molecule has 3 rings (SSSR count). The van der Waals surface area contributed by atoms with Crippen molar-refractivity contribution in [2.24, 2.45) is 0 Å². The molecule has 1 fully saturated rings. The molecule has 28 heavy (non-hydrogen) atoms. The zero-order valence-corrected chi connectivity index (χ0v) is 16.6. The predicted octanol–water partition coefficient (Wildman–Crippen LogP) is 4.11. The van der Waals surface area contributed by atoms with E-state index in [-0.39, 0.29) is 11.3 Å². The van der Waals surface area contributed by atoms with E-state index in [1.807, 2.05) is 19.1 Å². The highest BCUT2D eigenvalue weighted by Crippen LogP contribution is 2.39. The topological polar surface area (TPSA) is 66.8 Å². The van der Waals surface area contributed by atoms with Gasteiger partial charge in [-0.1, -0.05) is 53.6 Å². The molecule has 1 amide bonds. The monoisotopic (exact) mass is 399 g/mol. The summed E-state index contributed by atoms with van der Waals surface area (Å²) in [6, 6.07) is 13.5. The Hall–Kier alpha value is -2.63. The van der Waals surface area contributed by atoms with E-state index >= 15 is 0 Å². The molecule has 2 aromatic carbocycles. The van der Waals surface area contributed by atoms with Crippen molar-refractivity contribution in [2.45, 2.75) is 19.4 Å². The molecule has 1 N–H and O–H groups in total. The number of benzene rings is 2. The van der Waals surface area contributed by atoms with Crippen molar-refractivity contribution in [1.82, 2.24) is 4.90 Å². The van der Waals surface area contributed by atoms with Gasteiger partial charge in [-0.05, 0) is 31.0 Å². The number of likely N-dealkylation sites (tertiary alicyclic amines) is 1. The van der Waals surface area contributed by atoms with E-state index in [0.29, 0.717) is 30.2 Å². The average Bonchev–Trinajstić information content (AvgIpc) is 2.94. The molecule has 5 nitrogen and oxygen atoms in total. The number of ether oxygens (including phenoxy) is 1. The lowest BCUT2D eigenvalue weighted by Crippen LogP contribution is -2.31. The third kappa shape index (κ3) is 3.96. The molecule has 1 aliphatic heterocycles. The number of aliphatic hydroxyl groups is 1. The van der Waals surface area contributed by atoms with Crippen molar-refractivity contribution in [3.8, 4) is 0 Å². The van der Waals surface area contributed by atoms with Gasteiger partial charge in [-0.15, -0.1) is 0 Å². The molecule has 1 heterocycles. The van der Waals surface area contributed by atoms with Gasteiger partial charge in [0.05, 0.1) is 11.6 Å². The molecule has 0 aliphatic carbocycles. The zero-order valence-electron chi connectivity index (χ0n) is 15.8. The van der Waals surface area contributed by atoms with Gasteiger partial charge in [0.15, 0.2) is 0 Å². The van der Waals surface area contributed by atoms with Crippen molar-refractivity contribution in [3.05, 3.63) is 75.8 Å². The summed E-state index contributed by atoms with van der Waals surface area (Å²) in [6.07, 6.45) is 0.582. The van der Waals surface area contributed by atoms with Crippen LogP contribution in [0.25, 0.3) is 5.76 Å². The molecule has 0 bridgehead atoms. The Balaban J connectivity index is 2.10. The maximum Gasteiger partial charge on any atom is 0.295 e. The number of amides is 1. The number of methoxy groups -OCH3 is 1. The first-order valence-electron chi connectivity index (χ1n) is 9.04. The van der Waals surface area contributed by atoms with Gasteiger partial charge < -0.3 is 14.7 Å². The van der Waals surface area contributed by atoms with Gasteiger partial charge >= 0.3 is 0 Å². The smallest absolute Gasteiger partial charge is 0.295 e. The van der Waals surface area contributed by atoms with Crippen LogP contribution >= 0.6 is 11.6 Å². The van der Waals surface area contributed by atoms with Crippen LogP contribution in [0.5, 0.6) is 0 Å². The molecule has 6 heteroatoms. The molecule has 0 spiro atoms. The largest absolute Gasteiger partial charge is 0.507 e. The number of carbonyl (C=O) groups is 2. The van der Waals surface area contributed by atoms with E-state index < -0.39 is 17.7 Å². The average molecular weight is 400 g/mol. The fourth-order valence-electron chi connectivity index (χ4n) is 3.35. The van der Waals surface area contributed by atoms with Gasteiger partial charge in [0.2, 0.25) is 0 Å². The summed E-state index contributed by atoms with van der Waals surface area (Å²) in [5, 5.41) is 11.5. The summed E-state index contributed by atoms with van der Waals surface area (Å²) < 4.78 is 5.07. The molecular formula is C22H22ClNO4. The second-order valence-corrected chi connectivity index (χ2v) is 7.19. The molecule has 1 saturated heterocycles. The van der Waals surface area contributed by atoms with E-state index in [1.165, 1.54) is 4.90 Å². The van der Waals surface area contributed by atoms with Crippen molar-refractivity contribution in [1.29, 1.82) is 0 Å². The Morgan fingerprint density at radius 1 is 1.11 bits per heavy atom. The van der Waals surface area contributed by atoms with Crippen LogP contribution in [0.2, 0.25) is 5.02 Å². The maximum atomic E-state index is 12.8. The Morgan fingerprint density at radius 3 is 2.36 bits per heavy atom. The van der Waals surface area contributed by atoms with Crippen LogP contribution in [0.1, 0.15) is 29.2 Å². The number of Topliss-reactive ketones (excluding diaryl/α,β-unsaturated/α-hetero) is 1. The third-order valence-corrected chi connectivity index (χ3v) is 5.05. The van der Waals surface area contributed by atoms with Crippen molar-refractivity contribution >= 4 is 29.1 Å². The van der Waals surface area contributed by atoms with E-state index in [9.17, 15) is 14.7 Å².